The Morgan fingerprint density at radius 1 is 1.18 bits per heavy atom. The van der Waals surface area contributed by atoms with E-state index < -0.39 is 10.0 Å². The van der Waals surface area contributed by atoms with Crippen LogP contribution in [0.5, 0.6) is 0 Å². The molecule has 1 N–H and O–H groups in total. The van der Waals surface area contributed by atoms with Gasteiger partial charge in [0.1, 0.15) is 0 Å². The second-order valence-corrected chi connectivity index (χ2v) is 10.7. The summed E-state index contributed by atoms with van der Waals surface area (Å²) in [6.07, 6.45) is 7.24. The third-order valence-corrected chi connectivity index (χ3v) is 8.02. The summed E-state index contributed by atoms with van der Waals surface area (Å²) < 4.78 is 25.8. The molecule has 8 heteroatoms. The van der Waals surface area contributed by atoms with Crippen molar-refractivity contribution in [1.82, 2.24) is 14.5 Å². The predicted molar refractivity (Wildman–Crippen MR) is 111 cm³/mol. The molecule has 1 saturated carbocycles. The first-order chi connectivity index (χ1) is 13.3. The number of carbonyl (C=O) groups excluding carboxylic acids is 1. The molecule has 28 heavy (non-hydrogen) atoms. The van der Waals surface area contributed by atoms with Crippen molar-refractivity contribution >= 4 is 27.5 Å². The third-order valence-electron chi connectivity index (χ3n) is 5.87. The fourth-order valence-corrected chi connectivity index (χ4v) is 5.26. The molecule has 3 rings (SSSR count). The molecule has 0 bridgehead atoms. The molecule has 1 aromatic carbocycles. The Bertz CT molecular complexity index is 799. The molecular weight excluding hydrogens is 398 g/mol. The molecule has 0 unspecified atom stereocenters. The minimum Gasteiger partial charge on any atom is -0.349 e. The molecule has 2 aliphatic rings. The standard InChI is InChI=1S/C20H30ClN3O3S/c1-23(2)28(26,27)17-7-8-19(21)18(13-17)20(25)22-16-9-11-24(12-10-16)14-15-5-3-4-6-15/h7-8,13,15-16H,3-6,9-12,14H2,1-2H3,(H,22,25). The summed E-state index contributed by atoms with van der Waals surface area (Å²) >= 11 is 6.18. The second-order valence-electron chi connectivity index (χ2n) is 8.13. The molecule has 0 atom stereocenters. The van der Waals surface area contributed by atoms with Gasteiger partial charge in [0.25, 0.3) is 5.91 Å². The number of nitrogens with one attached hydrogen (secondary N) is 1. The van der Waals surface area contributed by atoms with Crippen molar-refractivity contribution < 1.29 is 13.2 Å². The summed E-state index contributed by atoms with van der Waals surface area (Å²) in [5, 5.41) is 3.30. The Kier molecular flexibility index (Phi) is 7.02. The predicted octanol–water partition coefficient (Wildman–Crippen LogP) is 2.97. The van der Waals surface area contributed by atoms with Crippen LogP contribution < -0.4 is 5.32 Å². The zero-order chi connectivity index (χ0) is 20.3. The van der Waals surface area contributed by atoms with E-state index in [4.69, 9.17) is 11.6 Å². The van der Waals surface area contributed by atoms with E-state index in [9.17, 15) is 13.2 Å². The number of halogens is 1. The summed E-state index contributed by atoms with van der Waals surface area (Å²) in [7, 11) is -0.691. The molecule has 1 amide bonds. The highest BCUT2D eigenvalue weighted by Gasteiger charge is 2.26. The fraction of sp³-hybridized carbons (Fsp3) is 0.650. The van der Waals surface area contributed by atoms with Crippen molar-refractivity contribution in [3.63, 3.8) is 0 Å². The van der Waals surface area contributed by atoms with Crippen molar-refractivity contribution in [1.29, 1.82) is 0 Å². The highest BCUT2D eigenvalue weighted by atomic mass is 35.5. The van der Waals surface area contributed by atoms with Gasteiger partial charge in [0, 0.05) is 39.8 Å². The average molecular weight is 428 g/mol. The molecule has 6 nitrogen and oxygen atoms in total. The topological polar surface area (TPSA) is 69.7 Å². The maximum Gasteiger partial charge on any atom is 0.253 e. The lowest BCUT2D eigenvalue weighted by Crippen LogP contribution is -2.45. The van der Waals surface area contributed by atoms with E-state index in [1.54, 1.807) is 0 Å². The van der Waals surface area contributed by atoms with Gasteiger partial charge in [-0.3, -0.25) is 4.79 Å². The quantitative estimate of drug-likeness (QED) is 0.757. The molecule has 0 radical (unpaired) electrons. The Hall–Kier alpha value is -1.15. The van der Waals surface area contributed by atoms with Crippen LogP contribution in [0.1, 0.15) is 48.9 Å². The van der Waals surface area contributed by atoms with E-state index in [2.05, 4.69) is 10.2 Å². The number of carbonyl (C=O) groups is 1. The zero-order valence-corrected chi connectivity index (χ0v) is 18.2. The molecule has 1 aliphatic carbocycles. The molecule has 1 aromatic rings. The number of benzene rings is 1. The van der Waals surface area contributed by atoms with Crippen LogP contribution in [-0.4, -0.2) is 63.3 Å². The second kappa shape index (κ2) is 9.11. The number of hydrogen-bond donors (Lipinski definition) is 1. The van der Waals surface area contributed by atoms with Crippen LogP contribution in [0.4, 0.5) is 0 Å². The van der Waals surface area contributed by atoms with Crippen molar-refractivity contribution in [2.24, 2.45) is 5.92 Å². The molecular formula is C20H30ClN3O3S. The van der Waals surface area contributed by atoms with Gasteiger partial charge < -0.3 is 10.2 Å². The molecule has 1 aliphatic heterocycles. The van der Waals surface area contributed by atoms with Crippen LogP contribution in [0.2, 0.25) is 5.02 Å². The van der Waals surface area contributed by atoms with Gasteiger partial charge in [-0.2, -0.15) is 0 Å². The SMILES string of the molecule is CN(C)S(=O)(=O)c1ccc(Cl)c(C(=O)NC2CCN(CC3CCCC3)CC2)c1. The summed E-state index contributed by atoms with van der Waals surface area (Å²) in [6, 6.07) is 4.35. The highest BCUT2D eigenvalue weighted by molar-refractivity contribution is 7.89. The van der Waals surface area contributed by atoms with Gasteiger partial charge in [-0.1, -0.05) is 24.4 Å². The van der Waals surface area contributed by atoms with Gasteiger partial charge >= 0.3 is 0 Å². The first-order valence-electron chi connectivity index (χ1n) is 10.0. The van der Waals surface area contributed by atoms with E-state index >= 15 is 0 Å². The molecule has 0 spiro atoms. The number of rotatable bonds is 6. The third kappa shape index (κ3) is 5.06. The lowest BCUT2D eigenvalue weighted by molar-refractivity contribution is 0.0905. The van der Waals surface area contributed by atoms with Crippen LogP contribution in [0.3, 0.4) is 0 Å². The van der Waals surface area contributed by atoms with Gasteiger partial charge in [-0.25, -0.2) is 12.7 Å². The number of nitrogens with zero attached hydrogens (tertiary/aromatic N) is 2. The van der Waals surface area contributed by atoms with E-state index in [1.807, 2.05) is 0 Å². The fourth-order valence-electron chi connectivity index (χ4n) is 4.13. The molecule has 0 aromatic heterocycles. The average Bonchev–Trinajstić information content (AvgIpc) is 3.16. The van der Waals surface area contributed by atoms with Crippen molar-refractivity contribution in [2.75, 3.05) is 33.7 Å². The Balaban J connectivity index is 1.59. The maximum atomic E-state index is 12.7. The number of sulfonamides is 1. The van der Waals surface area contributed by atoms with Gasteiger partial charge in [0.15, 0.2) is 0 Å². The first kappa shape index (κ1) is 21.6. The number of likely N-dealkylation sites (tertiary alicyclic amines) is 1. The van der Waals surface area contributed by atoms with Gasteiger partial charge in [-0.05, 0) is 49.8 Å². The lowest BCUT2D eigenvalue weighted by atomic mass is 10.0. The molecule has 156 valence electrons. The minimum absolute atomic E-state index is 0.0680. The number of hydrogen-bond acceptors (Lipinski definition) is 4. The van der Waals surface area contributed by atoms with Gasteiger partial charge in [0.05, 0.1) is 15.5 Å². The largest absolute Gasteiger partial charge is 0.349 e. The monoisotopic (exact) mass is 427 g/mol. The summed E-state index contributed by atoms with van der Waals surface area (Å²) in [5.41, 5.74) is 0.206. The molecule has 1 heterocycles. The minimum atomic E-state index is -3.61. The first-order valence-corrected chi connectivity index (χ1v) is 11.8. The van der Waals surface area contributed by atoms with E-state index in [-0.39, 0.29) is 27.4 Å². The number of piperidine rings is 1. The van der Waals surface area contributed by atoms with E-state index in [0.29, 0.717) is 0 Å². The van der Waals surface area contributed by atoms with Crippen molar-refractivity contribution in [3.8, 4) is 0 Å². The Morgan fingerprint density at radius 2 is 1.82 bits per heavy atom. The normalized spacial score (nSPS) is 20.0. The van der Waals surface area contributed by atoms with Crippen molar-refractivity contribution in [3.05, 3.63) is 28.8 Å². The van der Waals surface area contributed by atoms with Crippen LogP contribution >= 0.6 is 11.6 Å². The number of amides is 1. The summed E-state index contributed by atoms with van der Waals surface area (Å²) in [6.45, 7) is 3.16. The van der Waals surface area contributed by atoms with Crippen LogP contribution in [0, 0.1) is 5.92 Å². The molecule has 1 saturated heterocycles. The highest BCUT2D eigenvalue weighted by Crippen LogP contribution is 2.27. The van der Waals surface area contributed by atoms with Crippen LogP contribution in [-0.2, 0) is 10.0 Å². The van der Waals surface area contributed by atoms with Crippen molar-refractivity contribution in [2.45, 2.75) is 49.5 Å². The lowest BCUT2D eigenvalue weighted by Gasteiger charge is -2.33. The Morgan fingerprint density at radius 3 is 2.43 bits per heavy atom. The summed E-state index contributed by atoms with van der Waals surface area (Å²) in [5.74, 6) is 0.529. The van der Waals surface area contributed by atoms with Gasteiger partial charge in [0.2, 0.25) is 10.0 Å². The smallest absolute Gasteiger partial charge is 0.253 e. The van der Waals surface area contributed by atoms with E-state index in [0.717, 1.165) is 36.2 Å². The Labute approximate surface area is 173 Å². The van der Waals surface area contributed by atoms with Gasteiger partial charge in [-0.15, -0.1) is 0 Å². The van der Waals surface area contributed by atoms with Crippen LogP contribution in [0.15, 0.2) is 23.1 Å². The zero-order valence-electron chi connectivity index (χ0n) is 16.7. The van der Waals surface area contributed by atoms with E-state index in [1.165, 1.54) is 64.5 Å². The summed E-state index contributed by atoms with van der Waals surface area (Å²) in [4.78, 5) is 15.3. The molecule has 2 fully saturated rings. The maximum absolute atomic E-state index is 12.7. The van der Waals surface area contributed by atoms with Crippen LogP contribution in [0.25, 0.3) is 0 Å².